The van der Waals surface area contributed by atoms with Gasteiger partial charge in [-0.1, -0.05) is 35.8 Å². The summed E-state index contributed by atoms with van der Waals surface area (Å²) >= 11 is 7.08. The molecule has 0 aliphatic carbocycles. The van der Waals surface area contributed by atoms with Crippen LogP contribution in [0.4, 0.5) is 10.5 Å². The third kappa shape index (κ3) is 5.06. The number of aryl methyl sites for hydroxylation is 1. The zero-order valence-corrected chi connectivity index (χ0v) is 18.1. The number of amides is 2. The predicted molar refractivity (Wildman–Crippen MR) is 94.8 cm³/mol. The molecule has 3 rings (SSSR count). The first-order chi connectivity index (χ1) is 11.1. The second kappa shape index (κ2) is 9.00. The number of benzene rings is 2. The molecule has 0 saturated carbocycles. The van der Waals surface area contributed by atoms with Gasteiger partial charge >= 0.3 is 6.03 Å². The molecule has 2 N–H and O–H groups in total. The molecule has 0 aliphatic rings. The maximum atomic E-state index is 12.0. The van der Waals surface area contributed by atoms with E-state index in [1.807, 2.05) is 37.3 Å². The average molecular weight is 484 g/mol. The minimum atomic E-state index is -0.329. The third-order valence-corrected chi connectivity index (χ3v) is 4.13. The molecule has 1 radical (unpaired) electrons. The topological polar surface area (TPSA) is 54.0 Å². The Morgan fingerprint density at radius 1 is 1.29 bits per heavy atom. The standard InChI is InChI=1S/C17H13ClN3OS.Pr/c1-11-8-13(18)6-7-15(11)20-17(22)21-23-14-9-12-4-2-3-5-16(12)19-10-14;/h2-6,8-10H,1H3,(H2,20,21,22);/q-1;. The summed E-state index contributed by atoms with van der Waals surface area (Å²) in [6, 6.07) is 15.8. The molecular weight excluding hydrogens is 471 g/mol. The first kappa shape index (κ1) is 19.4. The molecule has 3 aromatic rings. The van der Waals surface area contributed by atoms with Crippen molar-refractivity contribution in [1.29, 1.82) is 0 Å². The number of urea groups is 1. The summed E-state index contributed by atoms with van der Waals surface area (Å²) in [5.41, 5.74) is 2.38. The molecule has 0 unspecified atom stereocenters. The molecule has 0 fully saturated rings. The van der Waals surface area contributed by atoms with Crippen LogP contribution in [0.1, 0.15) is 5.56 Å². The number of nitrogens with one attached hydrogen (secondary N) is 2. The van der Waals surface area contributed by atoms with Gasteiger partial charge in [-0.2, -0.15) is 23.7 Å². The second-order valence-corrected chi connectivity index (χ2v) is 6.21. The van der Waals surface area contributed by atoms with Crippen molar-refractivity contribution in [2.24, 2.45) is 0 Å². The fourth-order valence-electron chi connectivity index (χ4n) is 2.06. The predicted octanol–water partition coefficient (Wildman–Crippen LogP) is 4.83. The smallest absolute Gasteiger partial charge is 0.327 e. The Labute approximate surface area is 182 Å². The average Bonchev–Trinajstić information content (AvgIpc) is 2.55. The van der Waals surface area contributed by atoms with E-state index < -0.39 is 0 Å². The number of pyridine rings is 1. The van der Waals surface area contributed by atoms with E-state index in [9.17, 15) is 4.79 Å². The van der Waals surface area contributed by atoms with Crippen molar-refractivity contribution in [3.05, 3.63) is 65.3 Å². The van der Waals surface area contributed by atoms with Crippen LogP contribution in [0.15, 0.2) is 53.6 Å². The summed E-state index contributed by atoms with van der Waals surface area (Å²) in [6.45, 7) is 1.86. The minimum Gasteiger partial charge on any atom is -0.331 e. The van der Waals surface area contributed by atoms with Crippen LogP contribution >= 0.6 is 23.5 Å². The Balaban J connectivity index is 0.00000208. The van der Waals surface area contributed by atoms with Gasteiger partial charge < -0.3 is 5.32 Å². The summed E-state index contributed by atoms with van der Waals surface area (Å²) in [5, 5.41) is 4.36. The van der Waals surface area contributed by atoms with Crippen LogP contribution in [0.5, 0.6) is 0 Å². The number of nitrogens with zero attached hydrogens (tertiary/aromatic N) is 1. The second-order valence-electron chi connectivity index (χ2n) is 4.90. The molecule has 2 aromatic carbocycles. The Morgan fingerprint density at radius 2 is 2.08 bits per heavy atom. The molecule has 1 aromatic heterocycles. The van der Waals surface area contributed by atoms with Crippen molar-refractivity contribution < 1.29 is 46.1 Å². The van der Waals surface area contributed by atoms with E-state index >= 15 is 0 Å². The number of fused-ring (bicyclic) bond motifs is 1. The summed E-state index contributed by atoms with van der Waals surface area (Å²) in [5.74, 6) is 0. The zero-order valence-electron chi connectivity index (χ0n) is 12.8. The summed E-state index contributed by atoms with van der Waals surface area (Å²) in [6.07, 6.45) is 1.73. The zero-order chi connectivity index (χ0) is 16.2. The minimum absolute atomic E-state index is 0. The van der Waals surface area contributed by atoms with Crippen LogP contribution in [-0.2, 0) is 0 Å². The molecule has 7 heteroatoms. The van der Waals surface area contributed by atoms with Crippen LogP contribution < -0.4 is 10.0 Å². The number of carbonyl (C=O) groups is 1. The number of para-hydroxylation sites is 1. The molecule has 1 heterocycles. The van der Waals surface area contributed by atoms with E-state index in [1.165, 1.54) is 11.9 Å². The fourth-order valence-corrected chi connectivity index (χ4v) is 2.83. The molecule has 2 amide bonds. The molecule has 24 heavy (non-hydrogen) atoms. The van der Waals surface area contributed by atoms with E-state index in [1.54, 1.807) is 18.3 Å². The fraction of sp³-hybridized carbons (Fsp3) is 0.0588. The van der Waals surface area contributed by atoms with Crippen LogP contribution in [-0.4, -0.2) is 11.0 Å². The maximum Gasteiger partial charge on any atom is 0.327 e. The first-order valence-electron chi connectivity index (χ1n) is 6.88. The van der Waals surface area contributed by atoms with Crippen LogP contribution in [0, 0.1) is 54.3 Å². The summed E-state index contributed by atoms with van der Waals surface area (Å²) in [7, 11) is 0. The van der Waals surface area contributed by atoms with E-state index in [4.69, 9.17) is 11.6 Å². The molecule has 0 aliphatic heterocycles. The van der Waals surface area contributed by atoms with Crippen LogP contribution in [0.3, 0.4) is 0 Å². The number of carbonyl (C=O) groups excluding carboxylic acids is 1. The van der Waals surface area contributed by atoms with Crippen molar-refractivity contribution in [2.45, 2.75) is 11.8 Å². The number of hydrogen-bond donors (Lipinski definition) is 2. The van der Waals surface area contributed by atoms with Crippen molar-refractivity contribution >= 4 is 46.2 Å². The molecule has 0 saturated heterocycles. The van der Waals surface area contributed by atoms with E-state index in [2.05, 4.69) is 21.1 Å². The van der Waals surface area contributed by atoms with Gasteiger partial charge in [-0.25, -0.2) is 4.79 Å². The quantitative estimate of drug-likeness (QED) is 0.415. The Morgan fingerprint density at radius 3 is 2.88 bits per heavy atom. The number of rotatable bonds is 3. The monoisotopic (exact) mass is 483 g/mol. The van der Waals surface area contributed by atoms with Crippen LogP contribution in [0.25, 0.3) is 10.9 Å². The Hall–Kier alpha value is -0.876. The van der Waals surface area contributed by atoms with Crippen molar-refractivity contribution in [3.63, 3.8) is 0 Å². The van der Waals surface area contributed by atoms with Gasteiger partial charge in [0, 0.05) is 57.8 Å². The van der Waals surface area contributed by atoms with Crippen LogP contribution in [0.2, 0.25) is 5.02 Å². The van der Waals surface area contributed by atoms with Gasteiger partial charge in [-0.05, 0) is 24.1 Å². The van der Waals surface area contributed by atoms with Gasteiger partial charge in [0.15, 0.2) is 0 Å². The third-order valence-electron chi connectivity index (χ3n) is 3.17. The van der Waals surface area contributed by atoms with Crippen molar-refractivity contribution in [3.8, 4) is 0 Å². The number of anilines is 1. The maximum absolute atomic E-state index is 12.0. The molecule has 0 spiro atoms. The molecule has 119 valence electrons. The summed E-state index contributed by atoms with van der Waals surface area (Å²) < 4.78 is 2.73. The van der Waals surface area contributed by atoms with E-state index in [0.29, 0.717) is 10.7 Å². The van der Waals surface area contributed by atoms with E-state index in [-0.39, 0.29) is 47.3 Å². The van der Waals surface area contributed by atoms with Gasteiger partial charge in [-0.3, -0.25) is 9.71 Å². The Kier molecular flexibility index (Phi) is 7.29. The first-order valence-corrected chi connectivity index (χ1v) is 8.08. The van der Waals surface area contributed by atoms with Gasteiger partial charge in [-0.15, -0.1) is 11.6 Å². The Bertz CT molecular complexity index is 875. The van der Waals surface area contributed by atoms with E-state index in [0.717, 1.165) is 21.4 Å². The summed E-state index contributed by atoms with van der Waals surface area (Å²) in [4.78, 5) is 17.2. The largest absolute Gasteiger partial charge is 0.331 e. The van der Waals surface area contributed by atoms with Gasteiger partial charge in [0.2, 0.25) is 0 Å². The molecular formula is C17H13ClN3OPrS-. The van der Waals surface area contributed by atoms with Crippen molar-refractivity contribution in [2.75, 3.05) is 5.32 Å². The normalized spacial score (nSPS) is 10.1. The van der Waals surface area contributed by atoms with Gasteiger partial charge in [0.05, 0.1) is 5.52 Å². The molecule has 0 atom stereocenters. The van der Waals surface area contributed by atoms with Crippen molar-refractivity contribution in [1.82, 2.24) is 9.71 Å². The SMILES string of the molecule is Cc1cc(Cl)c[c-]c1NC(=O)NSc1cnc2ccccc2c1.[Pr]. The van der Waals surface area contributed by atoms with Gasteiger partial charge in [0.25, 0.3) is 0 Å². The number of aromatic nitrogens is 1. The molecule has 0 bridgehead atoms. The number of halogens is 1. The number of hydrogen-bond acceptors (Lipinski definition) is 3. The van der Waals surface area contributed by atoms with Gasteiger partial charge in [0.1, 0.15) is 0 Å². The molecule has 4 nitrogen and oxygen atoms in total.